The number of nitrogens with one attached hydrogen (secondary N) is 1. The average molecular weight is 450 g/mol. The molecule has 0 spiro atoms. The van der Waals surface area contributed by atoms with Crippen LogP contribution in [0.1, 0.15) is 37.3 Å². The summed E-state index contributed by atoms with van der Waals surface area (Å²) in [6.07, 6.45) is 0. The number of amidine groups is 1. The van der Waals surface area contributed by atoms with E-state index in [2.05, 4.69) is 6.07 Å². The van der Waals surface area contributed by atoms with Gasteiger partial charge in [-0.2, -0.15) is 5.26 Å². The monoisotopic (exact) mass is 449 g/mol. The molecule has 0 amide bonds. The second kappa shape index (κ2) is 7.18. The number of nitriles is 1. The van der Waals surface area contributed by atoms with E-state index in [-0.39, 0.29) is 11.5 Å². The van der Waals surface area contributed by atoms with Crippen molar-refractivity contribution in [2.24, 2.45) is 0 Å². The molecule has 1 aromatic heterocycles. The zero-order valence-corrected chi connectivity index (χ0v) is 18.8. The molecule has 9 heteroatoms. The first-order valence-electron chi connectivity index (χ1n) is 9.56. The Bertz CT molecular complexity index is 1250. The Kier molecular flexibility index (Phi) is 4.87. The van der Waals surface area contributed by atoms with Crippen molar-refractivity contribution < 1.29 is 4.92 Å². The van der Waals surface area contributed by atoms with E-state index in [9.17, 15) is 15.4 Å². The van der Waals surface area contributed by atoms with Gasteiger partial charge in [0.25, 0.3) is 5.69 Å². The van der Waals surface area contributed by atoms with Crippen molar-refractivity contribution in [3.63, 3.8) is 0 Å². The van der Waals surface area contributed by atoms with E-state index in [1.807, 2.05) is 45.0 Å². The van der Waals surface area contributed by atoms with E-state index >= 15 is 0 Å². The van der Waals surface area contributed by atoms with Crippen LogP contribution in [0.25, 0.3) is 10.2 Å². The number of likely N-dealkylation sites (tertiary alicyclic amines) is 1. The Hall–Kier alpha value is -3.22. The number of nitro benzene ring substituents is 1. The van der Waals surface area contributed by atoms with Gasteiger partial charge in [0, 0.05) is 17.7 Å². The van der Waals surface area contributed by atoms with Crippen molar-refractivity contribution in [1.29, 1.82) is 10.7 Å². The molecule has 0 radical (unpaired) electrons. The number of benzene rings is 2. The summed E-state index contributed by atoms with van der Waals surface area (Å²) in [5.74, 6) is -0.706. The molecule has 7 nitrogen and oxygen atoms in total. The lowest BCUT2D eigenvalue weighted by Gasteiger charge is -2.34. The van der Waals surface area contributed by atoms with Crippen molar-refractivity contribution in [3.05, 3.63) is 69.2 Å². The summed E-state index contributed by atoms with van der Waals surface area (Å²) in [5, 5.41) is 31.5. The maximum atomic E-state index is 11.4. The van der Waals surface area contributed by atoms with Crippen LogP contribution in [0, 0.1) is 26.9 Å². The molecule has 0 bridgehead atoms. The minimum Gasteiger partial charge on any atom is -0.317 e. The lowest BCUT2D eigenvalue weighted by atomic mass is 9.75. The topological polar surface area (TPSA) is 107 Å². The van der Waals surface area contributed by atoms with Gasteiger partial charge < -0.3 is 4.90 Å². The standard InChI is InChI=1S/C22H19N5O2S2/c1-21(2,3)26-18(30)17(13-7-6-8-14(11-13)27(28)29)22(12-23,19(26)24)20-25-15-9-4-5-10-16(15)31-20/h4-11,17,24H,1-3H3/t17-,22+/m0/s1. The Morgan fingerprint density at radius 3 is 2.61 bits per heavy atom. The van der Waals surface area contributed by atoms with Crippen LogP contribution >= 0.6 is 23.6 Å². The molecule has 2 aromatic carbocycles. The number of fused-ring (bicyclic) bond motifs is 1. The van der Waals surface area contributed by atoms with Crippen molar-refractivity contribution in [3.8, 4) is 6.07 Å². The largest absolute Gasteiger partial charge is 0.317 e. The first kappa shape index (κ1) is 21.0. The van der Waals surface area contributed by atoms with Crippen LogP contribution in [0.5, 0.6) is 0 Å². The van der Waals surface area contributed by atoms with E-state index in [4.69, 9.17) is 22.6 Å². The van der Waals surface area contributed by atoms with Gasteiger partial charge in [0.15, 0.2) is 5.41 Å². The van der Waals surface area contributed by atoms with Crippen molar-refractivity contribution in [2.45, 2.75) is 37.6 Å². The normalized spacial score (nSPS) is 21.5. The number of aromatic nitrogens is 1. The molecule has 4 rings (SSSR count). The molecular weight excluding hydrogens is 430 g/mol. The van der Waals surface area contributed by atoms with Gasteiger partial charge >= 0.3 is 0 Å². The minimum atomic E-state index is -1.48. The summed E-state index contributed by atoms with van der Waals surface area (Å²) >= 11 is 7.17. The SMILES string of the molecule is CC(C)(C)N1C(=N)[C@](C#N)(c2nc3ccccc3s2)[C@@H](c2cccc([N+](=O)[O-])c2)C1=S. The van der Waals surface area contributed by atoms with Gasteiger partial charge in [-0.05, 0) is 38.5 Å². The lowest BCUT2D eigenvalue weighted by Crippen LogP contribution is -2.47. The van der Waals surface area contributed by atoms with Crippen molar-refractivity contribution >= 4 is 50.3 Å². The lowest BCUT2D eigenvalue weighted by molar-refractivity contribution is -0.384. The fourth-order valence-corrected chi connectivity index (χ4v) is 5.86. The summed E-state index contributed by atoms with van der Waals surface area (Å²) in [7, 11) is 0. The van der Waals surface area contributed by atoms with Crippen LogP contribution in [0.15, 0.2) is 48.5 Å². The van der Waals surface area contributed by atoms with Crippen molar-refractivity contribution in [1.82, 2.24) is 9.88 Å². The average Bonchev–Trinajstić information content (AvgIpc) is 3.24. The Labute approximate surface area is 188 Å². The van der Waals surface area contributed by atoms with Crippen LogP contribution in [-0.4, -0.2) is 31.2 Å². The number of thiazole rings is 1. The molecule has 1 aliphatic heterocycles. The van der Waals surface area contributed by atoms with E-state index in [1.165, 1.54) is 23.5 Å². The number of thiocarbonyl (C=S) groups is 1. The molecule has 2 heterocycles. The van der Waals surface area contributed by atoms with Gasteiger partial charge in [-0.3, -0.25) is 15.5 Å². The van der Waals surface area contributed by atoms with E-state index < -0.39 is 21.8 Å². The number of hydrogen-bond donors (Lipinski definition) is 1. The number of para-hydroxylation sites is 1. The van der Waals surface area contributed by atoms with Gasteiger partial charge in [-0.15, -0.1) is 11.3 Å². The third-order valence-electron chi connectivity index (χ3n) is 5.39. The summed E-state index contributed by atoms with van der Waals surface area (Å²) in [6, 6.07) is 16.1. The third-order valence-corrected chi connectivity index (χ3v) is 6.98. The maximum absolute atomic E-state index is 11.4. The molecule has 0 aliphatic carbocycles. The van der Waals surface area contributed by atoms with Crippen LogP contribution in [0.4, 0.5) is 5.69 Å². The van der Waals surface area contributed by atoms with Gasteiger partial charge in [0.05, 0.1) is 32.1 Å². The Morgan fingerprint density at radius 2 is 2.00 bits per heavy atom. The Balaban J connectivity index is 2.02. The molecule has 1 aliphatic rings. The van der Waals surface area contributed by atoms with Crippen LogP contribution in [-0.2, 0) is 5.41 Å². The van der Waals surface area contributed by atoms with Crippen molar-refractivity contribution in [2.75, 3.05) is 0 Å². The summed E-state index contributed by atoms with van der Waals surface area (Å²) in [5.41, 5.74) is -0.859. The molecule has 1 N–H and O–H groups in total. The predicted molar refractivity (Wildman–Crippen MR) is 125 cm³/mol. The molecule has 31 heavy (non-hydrogen) atoms. The molecule has 2 atom stereocenters. The number of nitrogens with zero attached hydrogens (tertiary/aromatic N) is 4. The second-order valence-corrected chi connectivity index (χ2v) is 9.83. The summed E-state index contributed by atoms with van der Waals surface area (Å²) < 4.78 is 0.901. The number of non-ortho nitro benzene ring substituents is 1. The second-order valence-electron chi connectivity index (χ2n) is 8.38. The quantitative estimate of drug-likeness (QED) is 0.336. The highest BCUT2D eigenvalue weighted by Gasteiger charge is 2.61. The molecule has 0 unspecified atom stereocenters. The van der Waals surface area contributed by atoms with Gasteiger partial charge in [-0.25, -0.2) is 4.98 Å². The smallest absolute Gasteiger partial charge is 0.269 e. The summed E-state index contributed by atoms with van der Waals surface area (Å²) in [6.45, 7) is 5.76. The maximum Gasteiger partial charge on any atom is 0.269 e. The minimum absolute atomic E-state index is 0.0445. The predicted octanol–water partition coefficient (Wildman–Crippen LogP) is 5.17. The molecular formula is C22H19N5O2S2. The van der Waals surface area contributed by atoms with E-state index in [0.717, 1.165) is 10.2 Å². The van der Waals surface area contributed by atoms with E-state index in [1.54, 1.807) is 17.0 Å². The summed E-state index contributed by atoms with van der Waals surface area (Å²) in [4.78, 5) is 17.7. The molecule has 1 fully saturated rings. The highest BCUT2D eigenvalue weighted by atomic mass is 32.1. The number of nitro groups is 1. The molecule has 1 saturated heterocycles. The van der Waals surface area contributed by atoms with Gasteiger partial charge in [-0.1, -0.05) is 36.5 Å². The van der Waals surface area contributed by atoms with Crippen LogP contribution < -0.4 is 0 Å². The fourth-order valence-electron chi connectivity index (χ4n) is 4.05. The highest BCUT2D eigenvalue weighted by molar-refractivity contribution is 7.80. The van der Waals surface area contributed by atoms with Crippen LogP contribution in [0.3, 0.4) is 0 Å². The number of rotatable bonds is 3. The molecule has 3 aromatic rings. The molecule has 156 valence electrons. The zero-order chi connectivity index (χ0) is 22.6. The van der Waals surface area contributed by atoms with Gasteiger partial charge in [0.1, 0.15) is 10.8 Å². The Morgan fingerprint density at radius 1 is 1.29 bits per heavy atom. The highest BCUT2D eigenvalue weighted by Crippen LogP contribution is 2.51. The first-order valence-corrected chi connectivity index (χ1v) is 10.8. The number of hydrogen-bond acceptors (Lipinski definition) is 7. The third kappa shape index (κ3) is 3.10. The van der Waals surface area contributed by atoms with Crippen LogP contribution in [0.2, 0.25) is 0 Å². The molecule has 0 saturated carbocycles. The first-order chi connectivity index (χ1) is 14.6. The zero-order valence-electron chi connectivity index (χ0n) is 17.1. The van der Waals surface area contributed by atoms with Gasteiger partial charge in [0.2, 0.25) is 0 Å². The fraction of sp³-hybridized carbons (Fsp3) is 0.273. The van der Waals surface area contributed by atoms with E-state index in [0.29, 0.717) is 15.6 Å².